The van der Waals surface area contributed by atoms with E-state index in [4.69, 9.17) is 0 Å². The number of β-amino-alcohol motifs (C(OH)–C–C–N with tert-alkyl or cyclic N) is 1. The summed E-state index contributed by atoms with van der Waals surface area (Å²) in [6.45, 7) is 0.252. The summed E-state index contributed by atoms with van der Waals surface area (Å²) in [5.41, 5.74) is -0.366. The van der Waals surface area contributed by atoms with Crippen molar-refractivity contribution >= 4 is 0 Å². The molecule has 4 nitrogen and oxygen atoms in total. The van der Waals surface area contributed by atoms with Crippen LogP contribution in [0.5, 0.6) is 0 Å². The maximum absolute atomic E-state index is 13.3. The summed E-state index contributed by atoms with van der Waals surface area (Å²) in [6, 6.07) is 2.84. The van der Waals surface area contributed by atoms with Crippen LogP contribution in [-0.4, -0.2) is 39.6 Å². The maximum atomic E-state index is 13.3. The Kier molecular flexibility index (Phi) is 3.29. The van der Waals surface area contributed by atoms with Crippen LogP contribution in [0.4, 0.5) is 8.78 Å². The van der Waals surface area contributed by atoms with Gasteiger partial charge in [0.05, 0.1) is 18.3 Å². The molecule has 1 heterocycles. The molecule has 2 fully saturated rings. The van der Waals surface area contributed by atoms with E-state index in [9.17, 15) is 24.1 Å². The van der Waals surface area contributed by atoms with Gasteiger partial charge in [0.1, 0.15) is 11.6 Å². The van der Waals surface area contributed by atoms with E-state index < -0.39 is 41.4 Å². The van der Waals surface area contributed by atoms with Gasteiger partial charge in [0.2, 0.25) is 0 Å². The second-order valence-electron chi connectivity index (χ2n) is 5.77. The van der Waals surface area contributed by atoms with E-state index in [0.717, 1.165) is 31.0 Å². The fourth-order valence-corrected chi connectivity index (χ4v) is 3.20. The van der Waals surface area contributed by atoms with Crippen LogP contribution in [0.2, 0.25) is 0 Å². The molecular formula is C14H17F2NO3. The highest BCUT2D eigenvalue weighted by Gasteiger charge is 2.58. The Morgan fingerprint density at radius 2 is 1.75 bits per heavy atom. The van der Waals surface area contributed by atoms with Crippen LogP contribution in [-0.2, 0) is 0 Å². The van der Waals surface area contributed by atoms with Crippen molar-refractivity contribution in [2.24, 2.45) is 5.92 Å². The summed E-state index contributed by atoms with van der Waals surface area (Å²) in [5.74, 6) is -2.24. The lowest BCUT2D eigenvalue weighted by molar-refractivity contribution is -0.0990. The molecule has 3 rings (SSSR count). The first-order valence-electron chi connectivity index (χ1n) is 6.68. The number of halogens is 2. The van der Waals surface area contributed by atoms with Crippen molar-refractivity contribution in [2.45, 2.75) is 36.7 Å². The van der Waals surface area contributed by atoms with E-state index in [2.05, 4.69) is 5.32 Å². The monoisotopic (exact) mass is 285 g/mol. The zero-order valence-corrected chi connectivity index (χ0v) is 10.8. The second-order valence-corrected chi connectivity index (χ2v) is 5.77. The van der Waals surface area contributed by atoms with Crippen LogP contribution in [0.3, 0.4) is 0 Å². The van der Waals surface area contributed by atoms with Gasteiger partial charge in [0.15, 0.2) is 0 Å². The predicted molar refractivity (Wildman–Crippen MR) is 66.8 cm³/mol. The van der Waals surface area contributed by atoms with E-state index in [-0.39, 0.29) is 12.1 Å². The van der Waals surface area contributed by atoms with E-state index in [0.29, 0.717) is 0 Å². The first-order chi connectivity index (χ1) is 9.43. The molecule has 1 aliphatic carbocycles. The van der Waals surface area contributed by atoms with Gasteiger partial charge in [0, 0.05) is 24.1 Å². The molecule has 6 heteroatoms. The van der Waals surface area contributed by atoms with Gasteiger partial charge in [-0.25, -0.2) is 8.78 Å². The van der Waals surface area contributed by atoms with Gasteiger partial charge in [0.25, 0.3) is 0 Å². The first-order valence-corrected chi connectivity index (χ1v) is 6.68. The minimum absolute atomic E-state index is 0.0775. The van der Waals surface area contributed by atoms with Crippen molar-refractivity contribution in [3.05, 3.63) is 35.4 Å². The van der Waals surface area contributed by atoms with Crippen LogP contribution < -0.4 is 5.32 Å². The van der Waals surface area contributed by atoms with Crippen LogP contribution in [0.1, 0.15) is 24.5 Å². The smallest absolute Gasteiger partial charge is 0.126 e. The number of aliphatic hydroxyl groups is 3. The Morgan fingerprint density at radius 1 is 1.15 bits per heavy atom. The number of hydrogen-bond donors (Lipinski definition) is 4. The molecule has 4 N–H and O–H groups in total. The van der Waals surface area contributed by atoms with Crippen molar-refractivity contribution in [1.82, 2.24) is 5.32 Å². The fourth-order valence-electron chi connectivity index (χ4n) is 3.20. The summed E-state index contributed by atoms with van der Waals surface area (Å²) in [6.07, 6.45) is -1.84. The second kappa shape index (κ2) is 4.73. The predicted octanol–water partition coefficient (Wildman–Crippen LogP) is 0.472. The van der Waals surface area contributed by atoms with Crippen molar-refractivity contribution < 1.29 is 24.1 Å². The van der Waals surface area contributed by atoms with Crippen molar-refractivity contribution in [3.63, 3.8) is 0 Å². The van der Waals surface area contributed by atoms with E-state index >= 15 is 0 Å². The number of piperidine rings is 1. The molecule has 4 atom stereocenters. The molecule has 20 heavy (non-hydrogen) atoms. The molecule has 0 aromatic heterocycles. The number of aliphatic hydroxyl groups excluding tert-OH is 3. The standard InChI is InChI=1S/C14H17F2NO3/c15-8-3-7(4-9(16)5-8)12(19)11-13(20)10(18)6-17-14(11)1-2-14/h3-5,10-13,17-20H,1-2,6H2/t10-,11-,12+,13+/m1/s1. The van der Waals surface area contributed by atoms with Gasteiger partial charge in [-0.3, -0.25) is 0 Å². The molecule has 0 bridgehead atoms. The lowest BCUT2D eigenvalue weighted by Gasteiger charge is -2.42. The minimum atomic E-state index is -1.24. The van der Waals surface area contributed by atoms with Crippen LogP contribution >= 0.6 is 0 Å². The first kappa shape index (κ1) is 13.9. The van der Waals surface area contributed by atoms with Crippen LogP contribution in [0, 0.1) is 17.6 Å². The highest BCUT2D eigenvalue weighted by Crippen LogP contribution is 2.51. The highest BCUT2D eigenvalue weighted by molar-refractivity contribution is 5.25. The molecule has 0 unspecified atom stereocenters. The van der Waals surface area contributed by atoms with E-state index in [1.165, 1.54) is 0 Å². The third kappa shape index (κ3) is 2.22. The summed E-state index contributed by atoms with van der Waals surface area (Å²) in [4.78, 5) is 0. The minimum Gasteiger partial charge on any atom is -0.390 e. The van der Waals surface area contributed by atoms with Gasteiger partial charge in [-0.2, -0.15) is 0 Å². The van der Waals surface area contributed by atoms with Gasteiger partial charge in [-0.15, -0.1) is 0 Å². The van der Waals surface area contributed by atoms with Gasteiger partial charge in [-0.05, 0) is 30.5 Å². The molecule has 0 radical (unpaired) electrons. The molecule has 1 saturated carbocycles. The van der Waals surface area contributed by atoms with Gasteiger partial charge < -0.3 is 20.6 Å². The highest BCUT2D eigenvalue weighted by atomic mass is 19.1. The Hall–Kier alpha value is -1.08. The molecule has 1 aliphatic heterocycles. The largest absolute Gasteiger partial charge is 0.390 e. The fraction of sp³-hybridized carbons (Fsp3) is 0.571. The summed E-state index contributed by atoms with van der Waals surface area (Å²) in [7, 11) is 0. The number of benzene rings is 1. The topological polar surface area (TPSA) is 72.7 Å². The number of rotatable bonds is 2. The lowest BCUT2D eigenvalue weighted by Crippen LogP contribution is -2.59. The van der Waals surface area contributed by atoms with Crippen molar-refractivity contribution in [1.29, 1.82) is 0 Å². The Labute approximate surface area is 115 Å². The summed E-state index contributed by atoms with van der Waals surface area (Å²) in [5, 5.41) is 33.4. The molecule has 2 aliphatic rings. The number of nitrogens with one attached hydrogen (secondary N) is 1. The van der Waals surface area contributed by atoms with E-state index in [1.54, 1.807) is 0 Å². The zero-order chi connectivity index (χ0) is 14.5. The number of hydrogen-bond acceptors (Lipinski definition) is 4. The van der Waals surface area contributed by atoms with Crippen LogP contribution in [0.15, 0.2) is 18.2 Å². The quantitative estimate of drug-likeness (QED) is 0.637. The summed E-state index contributed by atoms with van der Waals surface area (Å²) < 4.78 is 26.5. The third-order valence-corrected chi connectivity index (χ3v) is 4.42. The normalized spacial score (nSPS) is 33.1. The molecule has 1 saturated heterocycles. The molecule has 1 aromatic rings. The molecule has 110 valence electrons. The SMILES string of the molecule is O[C@@H]1[C@@H]([C@@H](O)c2cc(F)cc(F)c2)C2(CC2)NC[C@H]1O. The van der Waals surface area contributed by atoms with Crippen molar-refractivity contribution in [2.75, 3.05) is 6.54 Å². The van der Waals surface area contributed by atoms with Crippen LogP contribution in [0.25, 0.3) is 0 Å². The Bertz CT molecular complexity index is 501. The zero-order valence-electron chi connectivity index (χ0n) is 10.8. The summed E-state index contributed by atoms with van der Waals surface area (Å²) >= 11 is 0. The van der Waals surface area contributed by atoms with Crippen molar-refractivity contribution in [3.8, 4) is 0 Å². The van der Waals surface area contributed by atoms with Gasteiger partial charge in [-0.1, -0.05) is 0 Å². The Balaban J connectivity index is 1.93. The van der Waals surface area contributed by atoms with E-state index in [1.807, 2.05) is 0 Å². The maximum Gasteiger partial charge on any atom is 0.126 e. The molecule has 1 spiro atoms. The molecule has 0 amide bonds. The lowest BCUT2D eigenvalue weighted by atomic mass is 9.78. The Morgan fingerprint density at radius 3 is 2.30 bits per heavy atom. The average molecular weight is 285 g/mol. The third-order valence-electron chi connectivity index (χ3n) is 4.42. The average Bonchev–Trinajstić information content (AvgIpc) is 3.14. The molecular weight excluding hydrogens is 268 g/mol. The molecule has 1 aromatic carbocycles. The van der Waals surface area contributed by atoms with Gasteiger partial charge >= 0.3 is 0 Å².